The Labute approximate surface area is 246 Å². The third kappa shape index (κ3) is 9.23. The number of rotatable bonds is 17. The first-order chi connectivity index (χ1) is 20.0. The Morgan fingerprint density at radius 2 is 1.22 bits per heavy atom. The molecule has 12 heteroatoms. The number of hydrogen-bond acceptors (Lipinski definition) is 11. The Kier molecular flexibility index (Phi) is 11.9. The predicted molar refractivity (Wildman–Crippen MR) is 155 cm³/mol. The molecule has 41 heavy (non-hydrogen) atoms. The van der Waals surface area contributed by atoms with Gasteiger partial charge in [-0.3, -0.25) is 14.4 Å². The molecule has 2 aromatic heterocycles. The maximum absolute atomic E-state index is 13.5. The van der Waals surface area contributed by atoms with Crippen molar-refractivity contribution in [3.63, 3.8) is 0 Å². The molecule has 0 saturated heterocycles. The number of imide groups is 1. The van der Waals surface area contributed by atoms with E-state index in [0.29, 0.717) is 70.9 Å². The fourth-order valence-electron chi connectivity index (χ4n) is 3.49. The Morgan fingerprint density at radius 3 is 1.71 bits per heavy atom. The Bertz CT molecular complexity index is 1280. The summed E-state index contributed by atoms with van der Waals surface area (Å²) in [6, 6.07) is 17.6. The van der Waals surface area contributed by atoms with Gasteiger partial charge in [0.25, 0.3) is 11.8 Å². The van der Waals surface area contributed by atoms with Crippen LogP contribution in [-0.2, 0) is 28.6 Å². The zero-order chi connectivity index (χ0) is 28.9. The van der Waals surface area contributed by atoms with E-state index in [2.05, 4.69) is 9.97 Å². The lowest BCUT2D eigenvalue weighted by atomic mass is 10.3. The van der Waals surface area contributed by atoms with Crippen molar-refractivity contribution in [2.75, 3.05) is 51.1 Å². The fourth-order valence-corrected chi connectivity index (χ4v) is 5.40. The number of nitrogens with zero attached hydrogens (tertiary/aromatic N) is 3. The largest absolute Gasteiger partial charge is 0.491 e. The van der Waals surface area contributed by atoms with Gasteiger partial charge in [-0.05, 0) is 55.5 Å². The molecule has 2 amide bonds. The number of anilines is 1. The second-order valence-corrected chi connectivity index (χ2v) is 10.5. The van der Waals surface area contributed by atoms with Gasteiger partial charge in [0.2, 0.25) is 0 Å². The van der Waals surface area contributed by atoms with Crippen molar-refractivity contribution in [3.05, 3.63) is 82.9 Å². The number of ether oxygens (including phenoxy) is 4. The molecule has 0 saturated carbocycles. The molecule has 1 aliphatic heterocycles. The standard InChI is InChI=1S/C29H29N3O7S2/c1-21(33)20-38-17-16-36-14-15-37-18-19-39-23-10-8-22(9-11-23)32-28(34)26(40-24-6-2-4-12-30-24)27(29(32)35)41-25-7-3-5-13-31-25/h2-13H,14-20H2,1H3. The van der Waals surface area contributed by atoms with Gasteiger partial charge < -0.3 is 18.9 Å². The Morgan fingerprint density at radius 1 is 0.707 bits per heavy atom. The van der Waals surface area contributed by atoms with Crippen LogP contribution < -0.4 is 9.64 Å². The van der Waals surface area contributed by atoms with Gasteiger partial charge in [-0.25, -0.2) is 14.9 Å². The summed E-state index contributed by atoms with van der Waals surface area (Å²) in [6.45, 7) is 3.81. The molecule has 3 heterocycles. The molecular formula is C29H29N3O7S2. The van der Waals surface area contributed by atoms with E-state index in [-0.39, 0.29) is 12.4 Å². The van der Waals surface area contributed by atoms with E-state index in [4.69, 9.17) is 18.9 Å². The number of pyridine rings is 2. The first kappa shape index (κ1) is 30.4. The molecule has 4 rings (SSSR count). The number of amides is 2. The van der Waals surface area contributed by atoms with E-state index in [1.165, 1.54) is 6.92 Å². The van der Waals surface area contributed by atoms with E-state index in [9.17, 15) is 14.4 Å². The summed E-state index contributed by atoms with van der Waals surface area (Å²) < 4.78 is 21.7. The summed E-state index contributed by atoms with van der Waals surface area (Å²) in [5, 5.41) is 1.22. The Hall–Kier alpha value is -3.55. The molecule has 1 aliphatic rings. The van der Waals surface area contributed by atoms with Gasteiger partial charge in [-0.1, -0.05) is 35.7 Å². The molecule has 1 aromatic carbocycles. The van der Waals surface area contributed by atoms with Gasteiger partial charge in [0.1, 0.15) is 29.0 Å². The molecule has 0 spiro atoms. The van der Waals surface area contributed by atoms with Crippen LogP contribution in [-0.4, -0.2) is 73.8 Å². The number of ketones is 1. The summed E-state index contributed by atoms with van der Waals surface area (Å²) in [5.41, 5.74) is 0.434. The smallest absolute Gasteiger partial charge is 0.273 e. The van der Waals surface area contributed by atoms with Crippen molar-refractivity contribution in [3.8, 4) is 5.75 Å². The number of benzene rings is 1. The molecular weight excluding hydrogens is 566 g/mol. The third-order valence-electron chi connectivity index (χ3n) is 5.33. The highest BCUT2D eigenvalue weighted by Gasteiger charge is 2.40. The molecule has 0 bridgehead atoms. The monoisotopic (exact) mass is 595 g/mol. The van der Waals surface area contributed by atoms with Crippen LogP contribution in [0, 0.1) is 0 Å². The molecule has 0 N–H and O–H groups in total. The summed E-state index contributed by atoms with van der Waals surface area (Å²) in [6.07, 6.45) is 3.28. The van der Waals surface area contributed by atoms with Gasteiger partial charge in [0.05, 0.1) is 48.5 Å². The molecule has 214 valence electrons. The zero-order valence-corrected chi connectivity index (χ0v) is 24.0. The lowest BCUT2D eigenvalue weighted by molar-refractivity contribution is -0.122. The van der Waals surface area contributed by atoms with Crippen LogP contribution in [0.3, 0.4) is 0 Å². The van der Waals surface area contributed by atoms with E-state index in [0.717, 1.165) is 28.4 Å². The number of aromatic nitrogens is 2. The second kappa shape index (κ2) is 16.0. The third-order valence-corrected chi connectivity index (χ3v) is 7.53. The minimum atomic E-state index is -0.418. The molecule has 0 unspecified atom stereocenters. The summed E-state index contributed by atoms with van der Waals surface area (Å²) in [5.74, 6) is -0.278. The minimum Gasteiger partial charge on any atom is -0.491 e. The van der Waals surface area contributed by atoms with Gasteiger partial charge in [-0.15, -0.1) is 0 Å². The van der Waals surface area contributed by atoms with E-state index in [1.807, 2.05) is 12.1 Å². The number of carbonyl (C=O) groups is 3. The zero-order valence-electron chi connectivity index (χ0n) is 22.4. The van der Waals surface area contributed by atoms with Crippen molar-refractivity contribution >= 4 is 46.8 Å². The number of thioether (sulfide) groups is 2. The maximum Gasteiger partial charge on any atom is 0.273 e. The highest BCUT2D eigenvalue weighted by atomic mass is 32.2. The van der Waals surface area contributed by atoms with Crippen LogP contribution in [0.4, 0.5) is 5.69 Å². The van der Waals surface area contributed by atoms with Crippen LogP contribution >= 0.6 is 23.5 Å². The molecule has 3 aromatic rings. The fraction of sp³-hybridized carbons (Fsp3) is 0.276. The normalized spacial score (nSPS) is 13.2. The van der Waals surface area contributed by atoms with Crippen LogP contribution in [0.2, 0.25) is 0 Å². The topological polar surface area (TPSA) is 117 Å². The molecule has 0 aliphatic carbocycles. The number of Topliss-reactive ketones (excluding diaryl/α,β-unsaturated/α-hetero) is 1. The lowest BCUT2D eigenvalue weighted by Crippen LogP contribution is -2.31. The average Bonchev–Trinajstić information content (AvgIpc) is 3.21. The molecule has 0 fully saturated rings. The first-order valence-corrected chi connectivity index (χ1v) is 14.4. The lowest BCUT2D eigenvalue weighted by Gasteiger charge is -2.16. The molecule has 10 nitrogen and oxygen atoms in total. The second-order valence-electron chi connectivity index (χ2n) is 8.47. The predicted octanol–water partition coefficient (Wildman–Crippen LogP) is 4.16. The van der Waals surface area contributed by atoms with Crippen LogP contribution in [0.25, 0.3) is 0 Å². The Balaban J connectivity index is 1.29. The van der Waals surface area contributed by atoms with E-state index < -0.39 is 11.8 Å². The van der Waals surface area contributed by atoms with Crippen molar-refractivity contribution in [2.24, 2.45) is 0 Å². The minimum absolute atomic E-state index is 0.0207. The SMILES string of the molecule is CC(=O)COCCOCCOCCOc1ccc(N2C(=O)C(Sc3ccccn3)=C(Sc3ccccn3)C2=O)cc1. The molecule has 0 radical (unpaired) electrons. The van der Waals surface area contributed by atoms with Crippen molar-refractivity contribution in [1.29, 1.82) is 0 Å². The van der Waals surface area contributed by atoms with Gasteiger partial charge in [0.15, 0.2) is 5.78 Å². The number of hydrogen-bond donors (Lipinski definition) is 0. The summed E-state index contributed by atoms with van der Waals surface area (Å²) in [7, 11) is 0. The average molecular weight is 596 g/mol. The number of carbonyl (C=O) groups excluding carboxylic acids is 3. The quantitative estimate of drug-likeness (QED) is 0.165. The first-order valence-electron chi connectivity index (χ1n) is 12.8. The molecule has 0 atom stereocenters. The van der Waals surface area contributed by atoms with Crippen molar-refractivity contribution in [1.82, 2.24) is 9.97 Å². The van der Waals surface area contributed by atoms with E-state index in [1.54, 1.807) is 60.9 Å². The summed E-state index contributed by atoms with van der Waals surface area (Å²) in [4.78, 5) is 48.1. The van der Waals surface area contributed by atoms with Gasteiger partial charge in [-0.2, -0.15) is 0 Å². The highest BCUT2D eigenvalue weighted by molar-refractivity contribution is 8.08. The summed E-state index contributed by atoms with van der Waals surface area (Å²) >= 11 is 2.32. The van der Waals surface area contributed by atoms with Crippen molar-refractivity contribution < 1.29 is 33.3 Å². The van der Waals surface area contributed by atoms with Crippen LogP contribution in [0.1, 0.15) is 6.92 Å². The van der Waals surface area contributed by atoms with Gasteiger partial charge in [0, 0.05) is 12.4 Å². The highest BCUT2D eigenvalue weighted by Crippen LogP contribution is 2.43. The van der Waals surface area contributed by atoms with Crippen LogP contribution in [0.5, 0.6) is 5.75 Å². The van der Waals surface area contributed by atoms with Crippen LogP contribution in [0.15, 0.2) is 92.9 Å². The van der Waals surface area contributed by atoms with E-state index >= 15 is 0 Å². The van der Waals surface area contributed by atoms with Gasteiger partial charge >= 0.3 is 0 Å². The van der Waals surface area contributed by atoms with Crippen molar-refractivity contribution in [2.45, 2.75) is 17.0 Å². The maximum atomic E-state index is 13.5.